The van der Waals surface area contributed by atoms with Crippen LogP contribution in [-0.4, -0.2) is 47.8 Å². The van der Waals surface area contributed by atoms with Crippen LogP contribution in [0.15, 0.2) is 18.2 Å². The van der Waals surface area contributed by atoms with Gasteiger partial charge in [0.1, 0.15) is 5.82 Å². The number of rotatable bonds is 1. The highest BCUT2D eigenvalue weighted by atomic mass is 15.6. The average Bonchev–Trinajstić information content (AvgIpc) is 2.78. The summed E-state index contributed by atoms with van der Waals surface area (Å²) in [6.45, 7) is 10.8. The van der Waals surface area contributed by atoms with Gasteiger partial charge in [-0.15, -0.1) is 0 Å². The van der Waals surface area contributed by atoms with Crippen molar-refractivity contribution in [2.45, 2.75) is 26.2 Å². The van der Waals surface area contributed by atoms with Gasteiger partial charge in [0, 0.05) is 37.3 Å². The molecule has 3 rings (SSSR count). The molecule has 0 atom stereocenters. The summed E-state index contributed by atoms with van der Waals surface area (Å²) in [4.78, 5) is 7.23. The zero-order valence-electron chi connectivity index (χ0n) is 13.4. The predicted molar refractivity (Wildman–Crippen MR) is 88.3 cm³/mol. The molecule has 0 radical (unpaired) electrons. The summed E-state index contributed by atoms with van der Waals surface area (Å²) < 4.78 is 2.31. The summed E-state index contributed by atoms with van der Waals surface area (Å²) >= 11 is 0. The smallest absolute Gasteiger partial charge is 0.134 e. The number of nitrogen functional groups attached to an aromatic ring is 1. The van der Waals surface area contributed by atoms with E-state index in [1.165, 1.54) is 0 Å². The Morgan fingerprint density at radius 3 is 2.38 bits per heavy atom. The third kappa shape index (κ3) is 2.58. The molecule has 1 aromatic heterocycles. The van der Waals surface area contributed by atoms with Gasteiger partial charge in [-0.1, -0.05) is 20.8 Å². The van der Waals surface area contributed by atoms with Gasteiger partial charge in [0.25, 0.3) is 0 Å². The van der Waals surface area contributed by atoms with Crippen molar-refractivity contribution >= 4 is 16.7 Å². The first-order chi connectivity index (χ1) is 9.86. The van der Waals surface area contributed by atoms with E-state index in [4.69, 9.17) is 10.7 Å². The normalized spacial score (nSPS) is 17.6. The van der Waals surface area contributed by atoms with Crippen LogP contribution >= 0.6 is 0 Å². The number of fused-ring (bicyclic) bond motifs is 1. The van der Waals surface area contributed by atoms with Crippen molar-refractivity contribution in [3.05, 3.63) is 24.0 Å². The Labute approximate surface area is 126 Å². The number of anilines is 1. The highest BCUT2D eigenvalue weighted by Gasteiger charge is 2.27. The molecule has 114 valence electrons. The molecule has 5 heteroatoms. The first-order valence-electron chi connectivity index (χ1n) is 7.58. The quantitative estimate of drug-likeness (QED) is 0.813. The number of likely N-dealkylation sites (N-methyl/N-ethyl adjacent to an activating group) is 1. The largest absolute Gasteiger partial charge is 0.399 e. The van der Waals surface area contributed by atoms with E-state index in [1.54, 1.807) is 0 Å². The van der Waals surface area contributed by atoms with Gasteiger partial charge in [0.15, 0.2) is 0 Å². The van der Waals surface area contributed by atoms with Crippen LogP contribution in [-0.2, 0) is 5.41 Å². The van der Waals surface area contributed by atoms with Crippen molar-refractivity contribution < 1.29 is 0 Å². The van der Waals surface area contributed by atoms with Crippen LogP contribution in [0.25, 0.3) is 11.0 Å². The fraction of sp³-hybridized carbons (Fsp3) is 0.562. The van der Waals surface area contributed by atoms with Gasteiger partial charge in [-0.2, -0.15) is 0 Å². The number of hydrogen-bond acceptors (Lipinski definition) is 4. The van der Waals surface area contributed by atoms with E-state index in [1.807, 2.05) is 12.1 Å². The van der Waals surface area contributed by atoms with Crippen molar-refractivity contribution in [1.82, 2.24) is 14.6 Å². The second kappa shape index (κ2) is 4.91. The summed E-state index contributed by atoms with van der Waals surface area (Å²) in [7, 11) is 2.18. The highest BCUT2D eigenvalue weighted by molar-refractivity contribution is 5.80. The average molecular weight is 287 g/mol. The van der Waals surface area contributed by atoms with Gasteiger partial charge in [-0.25, -0.2) is 9.66 Å². The lowest BCUT2D eigenvalue weighted by molar-refractivity contribution is 0.284. The van der Waals surface area contributed by atoms with E-state index >= 15 is 0 Å². The summed E-state index contributed by atoms with van der Waals surface area (Å²) in [6.07, 6.45) is 0. The van der Waals surface area contributed by atoms with E-state index in [0.717, 1.165) is 48.7 Å². The van der Waals surface area contributed by atoms with Crippen molar-refractivity contribution in [3.63, 3.8) is 0 Å². The highest BCUT2D eigenvalue weighted by Crippen LogP contribution is 2.28. The minimum absolute atomic E-state index is 0.00285. The van der Waals surface area contributed by atoms with Gasteiger partial charge >= 0.3 is 0 Å². The molecule has 2 heterocycles. The Kier molecular flexibility index (Phi) is 3.32. The summed E-state index contributed by atoms with van der Waals surface area (Å²) in [5.41, 5.74) is 8.82. The number of piperazine rings is 1. The molecule has 0 unspecified atom stereocenters. The van der Waals surface area contributed by atoms with Crippen LogP contribution in [0.2, 0.25) is 0 Å². The number of aromatic nitrogens is 2. The number of imidazole rings is 1. The molecule has 0 saturated carbocycles. The predicted octanol–water partition coefficient (Wildman–Crippen LogP) is 1.80. The number of hydrogen-bond donors (Lipinski definition) is 1. The molecule has 0 spiro atoms. The summed E-state index contributed by atoms with van der Waals surface area (Å²) in [6, 6.07) is 6.02. The molecular weight excluding hydrogens is 262 g/mol. The molecule has 0 amide bonds. The zero-order valence-corrected chi connectivity index (χ0v) is 13.4. The maximum absolute atomic E-state index is 5.92. The lowest BCUT2D eigenvalue weighted by Gasteiger charge is -2.37. The second-order valence-electron chi connectivity index (χ2n) is 7.00. The Hall–Kier alpha value is -1.75. The standard InChI is InChI=1S/C16H25N5/c1-16(2,3)15-18-13-11-12(17)5-6-14(13)21(15)20-9-7-19(4)8-10-20/h5-6,11H,7-10,17H2,1-4H3. The fourth-order valence-electron chi connectivity index (χ4n) is 2.85. The van der Waals surface area contributed by atoms with Crippen LogP contribution in [0.5, 0.6) is 0 Å². The fourth-order valence-corrected chi connectivity index (χ4v) is 2.85. The minimum Gasteiger partial charge on any atom is -0.399 e. The first-order valence-corrected chi connectivity index (χ1v) is 7.58. The van der Waals surface area contributed by atoms with Crippen molar-refractivity contribution in [2.75, 3.05) is 44.0 Å². The van der Waals surface area contributed by atoms with E-state index in [-0.39, 0.29) is 5.41 Å². The Morgan fingerprint density at radius 2 is 1.76 bits per heavy atom. The Morgan fingerprint density at radius 1 is 1.10 bits per heavy atom. The van der Waals surface area contributed by atoms with Crippen LogP contribution in [0.3, 0.4) is 0 Å². The van der Waals surface area contributed by atoms with Gasteiger partial charge in [-0.3, -0.25) is 0 Å². The molecule has 5 nitrogen and oxygen atoms in total. The molecule has 1 aliphatic rings. The third-order valence-electron chi connectivity index (χ3n) is 4.09. The maximum Gasteiger partial charge on any atom is 0.134 e. The molecule has 1 aliphatic heterocycles. The van der Waals surface area contributed by atoms with E-state index < -0.39 is 0 Å². The van der Waals surface area contributed by atoms with Gasteiger partial charge < -0.3 is 15.6 Å². The van der Waals surface area contributed by atoms with Crippen LogP contribution in [0.4, 0.5) is 5.69 Å². The van der Waals surface area contributed by atoms with Gasteiger partial charge in [0.05, 0.1) is 11.0 Å². The first kappa shape index (κ1) is 14.2. The van der Waals surface area contributed by atoms with Crippen molar-refractivity contribution in [2.24, 2.45) is 0 Å². The van der Waals surface area contributed by atoms with Crippen LogP contribution in [0, 0.1) is 0 Å². The Bertz CT molecular complexity index is 644. The van der Waals surface area contributed by atoms with E-state index in [2.05, 4.69) is 48.5 Å². The topological polar surface area (TPSA) is 50.3 Å². The molecule has 21 heavy (non-hydrogen) atoms. The minimum atomic E-state index is -0.00285. The van der Waals surface area contributed by atoms with Gasteiger partial charge in [0.2, 0.25) is 0 Å². The molecular formula is C16H25N5. The molecule has 2 aromatic rings. The molecule has 0 bridgehead atoms. The number of nitrogens with two attached hydrogens (primary N) is 1. The van der Waals surface area contributed by atoms with Crippen molar-refractivity contribution in [1.29, 1.82) is 0 Å². The monoisotopic (exact) mass is 287 g/mol. The summed E-state index contributed by atoms with van der Waals surface area (Å²) in [5, 5.41) is 2.41. The Balaban J connectivity index is 2.14. The second-order valence-corrected chi connectivity index (χ2v) is 7.00. The molecule has 1 fully saturated rings. The SMILES string of the molecule is CN1CCN(n2c(C(C)(C)C)nc3cc(N)ccc32)CC1. The van der Waals surface area contributed by atoms with Crippen molar-refractivity contribution in [3.8, 4) is 0 Å². The molecule has 0 aliphatic carbocycles. The summed E-state index contributed by atoms with van der Waals surface area (Å²) in [5.74, 6) is 1.10. The lowest BCUT2D eigenvalue weighted by Crippen LogP contribution is -2.51. The molecule has 2 N–H and O–H groups in total. The van der Waals surface area contributed by atoms with Crippen LogP contribution in [0.1, 0.15) is 26.6 Å². The zero-order chi connectivity index (χ0) is 15.2. The number of nitrogens with zero attached hydrogens (tertiary/aromatic N) is 4. The molecule has 1 aromatic carbocycles. The lowest BCUT2D eigenvalue weighted by atomic mass is 9.96. The van der Waals surface area contributed by atoms with Gasteiger partial charge in [-0.05, 0) is 25.2 Å². The molecule has 1 saturated heterocycles. The van der Waals surface area contributed by atoms with E-state index in [0.29, 0.717) is 0 Å². The van der Waals surface area contributed by atoms with E-state index in [9.17, 15) is 0 Å². The van der Waals surface area contributed by atoms with Crippen LogP contribution < -0.4 is 10.7 Å². The third-order valence-corrected chi connectivity index (χ3v) is 4.09. The maximum atomic E-state index is 5.92. The number of benzene rings is 1.